The molecule has 0 aliphatic carbocycles. The molecule has 26 heavy (non-hydrogen) atoms. The van der Waals surface area contributed by atoms with Crippen LogP contribution in [0.5, 0.6) is 11.5 Å². The summed E-state index contributed by atoms with van der Waals surface area (Å²) in [5.41, 5.74) is 1.35. The number of Topliss-reactive ketones (excluding diaryl/α,β-unsaturated/α-hetero) is 1. The Morgan fingerprint density at radius 1 is 1.19 bits per heavy atom. The molecule has 1 atom stereocenters. The summed E-state index contributed by atoms with van der Waals surface area (Å²) in [6, 6.07) is 11.9. The first-order chi connectivity index (χ1) is 12.5. The summed E-state index contributed by atoms with van der Waals surface area (Å²) in [7, 11) is 2.92. The Morgan fingerprint density at radius 2 is 1.96 bits per heavy atom. The molecule has 7 heteroatoms. The molecular weight excluding hydrogens is 356 g/mol. The van der Waals surface area contributed by atoms with E-state index in [1.807, 2.05) is 24.3 Å². The molecular formula is C19H19ClN2O4. The van der Waals surface area contributed by atoms with Gasteiger partial charge in [-0.15, -0.1) is 0 Å². The number of anilines is 1. The van der Waals surface area contributed by atoms with Crippen LogP contribution in [-0.2, 0) is 14.4 Å². The van der Waals surface area contributed by atoms with E-state index in [0.717, 1.165) is 10.6 Å². The van der Waals surface area contributed by atoms with Gasteiger partial charge in [0.2, 0.25) is 5.91 Å². The molecule has 1 aliphatic rings. The highest BCUT2D eigenvalue weighted by molar-refractivity contribution is 6.31. The van der Waals surface area contributed by atoms with Crippen molar-refractivity contribution in [2.45, 2.75) is 18.9 Å². The number of amides is 1. The number of hydrogen-bond donors (Lipinski definition) is 1. The molecule has 1 N–H and O–H groups in total. The van der Waals surface area contributed by atoms with E-state index < -0.39 is 6.04 Å². The van der Waals surface area contributed by atoms with Gasteiger partial charge in [-0.2, -0.15) is 0 Å². The first-order valence-electron chi connectivity index (χ1n) is 8.16. The number of para-hydroxylation sites is 1. The van der Waals surface area contributed by atoms with Crippen molar-refractivity contribution in [3.8, 4) is 11.5 Å². The monoisotopic (exact) mass is 374 g/mol. The van der Waals surface area contributed by atoms with Crippen LogP contribution in [0.15, 0.2) is 42.5 Å². The highest BCUT2D eigenvalue weighted by atomic mass is 35.5. The minimum Gasteiger partial charge on any atom is -0.455 e. The molecule has 0 spiro atoms. The van der Waals surface area contributed by atoms with Crippen LogP contribution in [0.1, 0.15) is 24.4 Å². The minimum atomic E-state index is -0.633. The second-order valence-electron chi connectivity index (χ2n) is 5.90. The summed E-state index contributed by atoms with van der Waals surface area (Å²) in [4.78, 5) is 29.6. The zero-order chi connectivity index (χ0) is 18.7. The summed E-state index contributed by atoms with van der Waals surface area (Å²) in [5.74, 6) is 0.807. The smallest absolute Gasteiger partial charge is 0.246 e. The number of nitrogens with one attached hydrogen (secondary N) is 1. The van der Waals surface area contributed by atoms with Crippen molar-refractivity contribution in [1.82, 2.24) is 5.06 Å². The lowest BCUT2D eigenvalue weighted by Gasteiger charge is -2.18. The number of fused-ring (bicyclic) bond motifs is 2. The fourth-order valence-electron chi connectivity index (χ4n) is 2.76. The number of carbonyl (C=O) groups excluding carboxylic acids is 2. The number of nitrogens with zero attached hydrogens (tertiary/aromatic N) is 1. The average Bonchev–Trinajstić information content (AvgIpc) is 2.81. The van der Waals surface area contributed by atoms with Crippen molar-refractivity contribution in [2.75, 3.05) is 19.5 Å². The molecule has 1 heterocycles. The second kappa shape index (κ2) is 7.76. The van der Waals surface area contributed by atoms with E-state index in [4.69, 9.17) is 21.2 Å². The average molecular weight is 375 g/mol. The van der Waals surface area contributed by atoms with Crippen LogP contribution >= 0.6 is 11.6 Å². The molecule has 0 saturated carbocycles. The maximum atomic E-state index is 12.9. The zero-order valence-corrected chi connectivity index (χ0v) is 15.2. The first kappa shape index (κ1) is 18.2. The van der Waals surface area contributed by atoms with Crippen LogP contribution in [0.3, 0.4) is 0 Å². The van der Waals surface area contributed by atoms with E-state index in [2.05, 4.69) is 5.32 Å². The third-order valence-corrected chi connectivity index (χ3v) is 4.46. The number of benzene rings is 2. The number of ether oxygens (including phenoxy) is 1. The van der Waals surface area contributed by atoms with Crippen LogP contribution in [0.25, 0.3) is 0 Å². The van der Waals surface area contributed by atoms with Crippen LogP contribution in [0, 0.1) is 0 Å². The molecule has 1 aliphatic heterocycles. The lowest BCUT2D eigenvalue weighted by atomic mass is 9.98. The minimum absolute atomic E-state index is 0.0623. The van der Waals surface area contributed by atoms with E-state index >= 15 is 0 Å². The molecule has 0 radical (unpaired) electrons. The van der Waals surface area contributed by atoms with E-state index in [0.29, 0.717) is 22.2 Å². The second-order valence-corrected chi connectivity index (χ2v) is 6.33. The Bertz CT molecular complexity index is 840. The maximum Gasteiger partial charge on any atom is 0.246 e. The van der Waals surface area contributed by atoms with E-state index in [9.17, 15) is 9.59 Å². The molecule has 0 saturated heterocycles. The Labute approximate surface area is 156 Å². The van der Waals surface area contributed by atoms with Gasteiger partial charge in [-0.3, -0.25) is 14.4 Å². The van der Waals surface area contributed by atoms with Gasteiger partial charge in [0.15, 0.2) is 11.5 Å². The van der Waals surface area contributed by atoms with Gasteiger partial charge in [0.05, 0.1) is 12.8 Å². The number of rotatable bonds is 5. The van der Waals surface area contributed by atoms with Gasteiger partial charge in [0, 0.05) is 30.5 Å². The summed E-state index contributed by atoms with van der Waals surface area (Å²) in [6.07, 6.45) is 0.140. The van der Waals surface area contributed by atoms with Gasteiger partial charge in [-0.25, -0.2) is 5.06 Å². The topological polar surface area (TPSA) is 67.9 Å². The zero-order valence-electron chi connectivity index (χ0n) is 14.5. The summed E-state index contributed by atoms with van der Waals surface area (Å²) >= 11 is 6.08. The van der Waals surface area contributed by atoms with Gasteiger partial charge < -0.3 is 10.1 Å². The van der Waals surface area contributed by atoms with E-state index in [-0.39, 0.29) is 24.5 Å². The highest BCUT2D eigenvalue weighted by Gasteiger charge is 2.28. The quantitative estimate of drug-likeness (QED) is 0.802. The van der Waals surface area contributed by atoms with Crippen LogP contribution in [-0.4, -0.2) is 30.9 Å². The SMILES string of the molecule is CON(C)C(=O)CCC(=O)C1Nc2cc(Cl)ccc2Oc2ccccc21. The highest BCUT2D eigenvalue weighted by Crippen LogP contribution is 2.41. The van der Waals surface area contributed by atoms with Gasteiger partial charge >= 0.3 is 0 Å². The molecule has 2 aromatic rings. The van der Waals surface area contributed by atoms with Crippen LogP contribution in [0.4, 0.5) is 5.69 Å². The van der Waals surface area contributed by atoms with E-state index in [1.165, 1.54) is 14.2 Å². The predicted octanol–water partition coefficient (Wildman–Crippen LogP) is 3.97. The van der Waals surface area contributed by atoms with Gasteiger partial charge in [-0.05, 0) is 24.3 Å². The summed E-state index contributed by atoms with van der Waals surface area (Å²) in [5, 5.41) is 4.86. The third kappa shape index (κ3) is 3.81. The summed E-state index contributed by atoms with van der Waals surface area (Å²) < 4.78 is 5.95. The van der Waals surface area contributed by atoms with Crippen molar-refractivity contribution in [3.63, 3.8) is 0 Å². The normalized spacial score (nSPS) is 15.0. The molecule has 2 aromatic carbocycles. The third-order valence-electron chi connectivity index (χ3n) is 4.22. The molecule has 1 amide bonds. The molecule has 0 aromatic heterocycles. The number of ketones is 1. The maximum absolute atomic E-state index is 12.9. The number of halogens is 1. The molecule has 136 valence electrons. The van der Waals surface area contributed by atoms with Crippen molar-refractivity contribution in [3.05, 3.63) is 53.1 Å². The van der Waals surface area contributed by atoms with Crippen LogP contribution in [0.2, 0.25) is 5.02 Å². The number of hydroxylamine groups is 2. The number of carbonyl (C=O) groups is 2. The Kier molecular flexibility index (Phi) is 5.44. The van der Waals surface area contributed by atoms with Crippen molar-refractivity contribution >= 4 is 29.0 Å². The van der Waals surface area contributed by atoms with Crippen LogP contribution < -0.4 is 10.1 Å². The standard InChI is InChI=1S/C19H19ClN2O4/c1-22(25-2)18(24)10-8-15(23)19-13-5-3-4-6-16(13)26-17-9-7-12(20)11-14(17)21-19/h3-7,9,11,19,21H,8,10H2,1-2H3. The van der Waals surface area contributed by atoms with Crippen molar-refractivity contribution in [1.29, 1.82) is 0 Å². The predicted molar refractivity (Wildman–Crippen MR) is 98.4 cm³/mol. The van der Waals surface area contributed by atoms with Crippen molar-refractivity contribution in [2.24, 2.45) is 0 Å². The molecule has 0 fully saturated rings. The lowest BCUT2D eigenvalue weighted by Crippen LogP contribution is -2.27. The van der Waals surface area contributed by atoms with E-state index in [1.54, 1.807) is 18.2 Å². The van der Waals surface area contributed by atoms with Gasteiger partial charge in [0.1, 0.15) is 11.8 Å². The molecule has 1 unspecified atom stereocenters. The Balaban J connectivity index is 1.87. The number of hydrogen-bond acceptors (Lipinski definition) is 5. The van der Waals surface area contributed by atoms with Gasteiger partial charge in [0.25, 0.3) is 0 Å². The largest absolute Gasteiger partial charge is 0.455 e. The molecule has 0 bridgehead atoms. The lowest BCUT2D eigenvalue weighted by molar-refractivity contribution is -0.169. The Morgan fingerprint density at radius 3 is 2.73 bits per heavy atom. The fourth-order valence-corrected chi connectivity index (χ4v) is 2.93. The Hall–Kier alpha value is -2.57. The van der Waals surface area contributed by atoms with Crippen molar-refractivity contribution < 1.29 is 19.2 Å². The fraction of sp³-hybridized carbons (Fsp3) is 0.263. The molecule has 3 rings (SSSR count). The van der Waals surface area contributed by atoms with Gasteiger partial charge in [-0.1, -0.05) is 29.8 Å². The summed E-state index contributed by atoms with van der Waals surface area (Å²) in [6.45, 7) is 0. The molecule has 6 nitrogen and oxygen atoms in total. The first-order valence-corrected chi connectivity index (χ1v) is 8.53.